The van der Waals surface area contributed by atoms with E-state index in [-0.39, 0.29) is 12.4 Å². The average molecular weight is 361 g/mol. The van der Waals surface area contributed by atoms with Gasteiger partial charge in [0.25, 0.3) is 0 Å². The first-order chi connectivity index (χ1) is 11.7. The zero-order valence-corrected chi connectivity index (χ0v) is 15.9. The van der Waals surface area contributed by atoms with Gasteiger partial charge in [-0.15, -0.1) is 12.4 Å². The maximum atomic E-state index is 6.06. The molecule has 1 heterocycles. The fourth-order valence-electron chi connectivity index (χ4n) is 3.85. The van der Waals surface area contributed by atoms with Gasteiger partial charge < -0.3 is 15.4 Å². The van der Waals surface area contributed by atoms with Crippen molar-refractivity contribution in [3.8, 4) is 5.75 Å². The van der Waals surface area contributed by atoms with E-state index in [1.165, 1.54) is 11.1 Å². The predicted molar refractivity (Wildman–Crippen MR) is 107 cm³/mol. The third-order valence-corrected chi connectivity index (χ3v) is 5.26. The Balaban J connectivity index is 0.00000225. The first-order valence-electron chi connectivity index (χ1n) is 8.82. The number of ether oxygens (including phenoxy) is 1. The minimum absolute atomic E-state index is 0. The molecule has 2 N–H and O–H groups in total. The lowest BCUT2D eigenvalue weighted by atomic mass is 9.89. The number of halogens is 1. The Morgan fingerprint density at radius 2 is 1.76 bits per heavy atom. The molecule has 1 fully saturated rings. The highest BCUT2D eigenvalue weighted by molar-refractivity contribution is 5.85. The number of nitrogens with two attached hydrogens (primary N) is 1. The van der Waals surface area contributed by atoms with Crippen molar-refractivity contribution in [2.45, 2.75) is 18.8 Å². The highest BCUT2D eigenvalue weighted by atomic mass is 35.5. The topological polar surface area (TPSA) is 38.5 Å². The zero-order chi connectivity index (χ0) is 16.9. The molecule has 3 rings (SSSR count). The SMILES string of the molecule is COc1ccc(C(C)CN2C[C@@H](CN)[C@H](c3ccccc3)C2)cc1.Cl. The zero-order valence-electron chi connectivity index (χ0n) is 15.1. The molecule has 0 radical (unpaired) electrons. The summed E-state index contributed by atoms with van der Waals surface area (Å²) in [4.78, 5) is 2.57. The number of methoxy groups -OCH3 is 1. The smallest absolute Gasteiger partial charge is 0.118 e. The maximum absolute atomic E-state index is 6.06. The van der Waals surface area contributed by atoms with Gasteiger partial charge in [-0.2, -0.15) is 0 Å². The summed E-state index contributed by atoms with van der Waals surface area (Å²) >= 11 is 0. The molecule has 136 valence electrons. The number of hydrogen-bond donors (Lipinski definition) is 1. The standard InChI is InChI=1S/C21H28N2O.ClH/c1-16(17-8-10-20(24-2)11-9-17)13-23-14-19(12-22)21(15-23)18-6-4-3-5-7-18;/h3-11,16,19,21H,12-15,22H2,1-2H3;1H/t16?,19-,21+;/m1./s1. The second kappa shape index (κ2) is 9.23. The van der Waals surface area contributed by atoms with Crippen molar-refractivity contribution in [3.05, 3.63) is 65.7 Å². The van der Waals surface area contributed by atoms with Crippen LogP contribution < -0.4 is 10.5 Å². The largest absolute Gasteiger partial charge is 0.497 e. The molecule has 1 aliphatic heterocycles. The highest BCUT2D eigenvalue weighted by Crippen LogP contribution is 2.33. The van der Waals surface area contributed by atoms with E-state index < -0.39 is 0 Å². The molecule has 0 bridgehead atoms. The molecule has 1 aliphatic rings. The molecule has 0 aromatic heterocycles. The van der Waals surface area contributed by atoms with Crippen molar-refractivity contribution in [2.24, 2.45) is 11.7 Å². The molecule has 25 heavy (non-hydrogen) atoms. The summed E-state index contributed by atoms with van der Waals surface area (Å²) in [6.07, 6.45) is 0. The molecule has 3 atom stereocenters. The van der Waals surface area contributed by atoms with Gasteiger partial charge in [0.2, 0.25) is 0 Å². The summed E-state index contributed by atoms with van der Waals surface area (Å²) in [5.74, 6) is 2.53. The average Bonchev–Trinajstić information content (AvgIpc) is 3.05. The summed E-state index contributed by atoms with van der Waals surface area (Å²) in [6.45, 7) is 6.33. The maximum Gasteiger partial charge on any atom is 0.118 e. The summed E-state index contributed by atoms with van der Waals surface area (Å²) in [7, 11) is 1.71. The fraction of sp³-hybridized carbons (Fsp3) is 0.429. The predicted octanol–water partition coefficient (Wildman–Crippen LogP) is 3.89. The van der Waals surface area contributed by atoms with Gasteiger partial charge in [-0.1, -0.05) is 49.4 Å². The van der Waals surface area contributed by atoms with Crippen molar-refractivity contribution in [3.63, 3.8) is 0 Å². The van der Waals surface area contributed by atoms with Crippen molar-refractivity contribution in [1.29, 1.82) is 0 Å². The van der Waals surface area contributed by atoms with Crippen LogP contribution in [0, 0.1) is 5.92 Å². The molecule has 0 spiro atoms. The fourth-order valence-corrected chi connectivity index (χ4v) is 3.85. The van der Waals surface area contributed by atoms with Crippen LogP contribution in [-0.4, -0.2) is 38.2 Å². The molecule has 1 unspecified atom stereocenters. The molecule has 1 saturated heterocycles. The molecule has 0 saturated carbocycles. The van der Waals surface area contributed by atoms with E-state index in [1.54, 1.807) is 7.11 Å². The monoisotopic (exact) mass is 360 g/mol. The minimum Gasteiger partial charge on any atom is -0.497 e. The van der Waals surface area contributed by atoms with E-state index in [4.69, 9.17) is 10.5 Å². The second-order valence-corrected chi connectivity index (χ2v) is 6.91. The van der Waals surface area contributed by atoms with Crippen molar-refractivity contribution < 1.29 is 4.74 Å². The van der Waals surface area contributed by atoms with E-state index in [2.05, 4.69) is 54.3 Å². The summed E-state index contributed by atoms with van der Waals surface area (Å²) < 4.78 is 5.25. The van der Waals surface area contributed by atoms with E-state index in [0.717, 1.165) is 31.9 Å². The normalized spacial score (nSPS) is 21.6. The van der Waals surface area contributed by atoms with Gasteiger partial charge >= 0.3 is 0 Å². The van der Waals surface area contributed by atoms with Crippen LogP contribution in [0.5, 0.6) is 5.75 Å². The van der Waals surface area contributed by atoms with Crippen molar-refractivity contribution in [1.82, 2.24) is 4.90 Å². The van der Waals surface area contributed by atoms with E-state index in [9.17, 15) is 0 Å². The van der Waals surface area contributed by atoms with Crippen LogP contribution in [0.15, 0.2) is 54.6 Å². The van der Waals surface area contributed by atoms with Gasteiger partial charge in [0.15, 0.2) is 0 Å². The van der Waals surface area contributed by atoms with Gasteiger partial charge in [0, 0.05) is 25.6 Å². The van der Waals surface area contributed by atoms with Crippen LogP contribution >= 0.6 is 12.4 Å². The van der Waals surface area contributed by atoms with Crippen LogP contribution in [0.1, 0.15) is 29.9 Å². The first kappa shape index (κ1) is 19.8. The number of benzene rings is 2. The first-order valence-corrected chi connectivity index (χ1v) is 8.82. The molecule has 0 amide bonds. The quantitative estimate of drug-likeness (QED) is 0.849. The number of nitrogens with zero attached hydrogens (tertiary/aromatic N) is 1. The summed E-state index contributed by atoms with van der Waals surface area (Å²) in [5, 5.41) is 0. The van der Waals surface area contributed by atoms with Crippen LogP contribution in [-0.2, 0) is 0 Å². The minimum atomic E-state index is 0. The Labute approximate surface area is 157 Å². The lowest BCUT2D eigenvalue weighted by Gasteiger charge is -2.21. The Hall–Kier alpha value is -1.55. The molecule has 2 aromatic rings. The second-order valence-electron chi connectivity index (χ2n) is 6.91. The van der Waals surface area contributed by atoms with Crippen molar-refractivity contribution >= 4 is 12.4 Å². The lowest BCUT2D eigenvalue weighted by Crippen LogP contribution is -2.27. The van der Waals surface area contributed by atoms with E-state index in [1.807, 2.05) is 12.1 Å². The van der Waals surface area contributed by atoms with Crippen LogP contribution in [0.3, 0.4) is 0 Å². The van der Waals surface area contributed by atoms with Crippen LogP contribution in [0.25, 0.3) is 0 Å². The molecule has 0 aliphatic carbocycles. The molecule has 3 nitrogen and oxygen atoms in total. The van der Waals surface area contributed by atoms with Gasteiger partial charge in [-0.05, 0) is 41.6 Å². The molecule has 2 aromatic carbocycles. The Morgan fingerprint density at radius 1 is 1.08 bits per heavy atom. The number of hydrogen-bond acceptors (Lipinski definition) is 3. The van der Waals surface area contributed by atoms with E-state index >= 15 is 0 Å². The summed E-state index contributed by atoms with van der Waals surface area (Å²) in [6, 6.07) is 19.3. The Morgan fingerprint density at radius 3 is 2.36 bits per heavy atom. The third kappa shape index (κ3) is 4.75. The number of likely N-dealkylation sites (tertiary alicyclic amines) is 1. The van der Waals surface area contributed by atoms with Crippen LogP contribution in [0.2, 0.25) is 0 Å². The van der Waals surface area contributed by atoms with Crippen molar-refractivity contribution in [2.75, 3.05) is 33.3 Å². The van der Waals surface area contributed by atoms with Gasteiger partial charge in [0.1, 0.15) is 5.75 Å². The van der Waals surface area contributed by atoms with E-state index in [0.29, 0.717) is 17.8 Å². The highest BCUT2D eigenvalue weighted by Gasteiger charge is 2.33. The molecular formula is C21H29ClN2O. The Kier molecular flexibility index (Phi) is 7.30. The molecular weight excluding hydrogens is 332 g/mol. The van der Waals surface area contributed by atoms with Crippen LogP contribution in [0.4, 0.5) is 0 Å². The van der Waals surface area contributed by atoms with Gasteiger partial charge in [-0.25, -0.2) is 0 Å². The Bertz CT molecular complexity index is 632. The van der Waals surface area contributed by atoms with Gasteiger partial charge in [-0.3, -0.25) is 0 Å². The summed E-state index contributed by atoms with van der Waals surface area (Å²) in [5.41, 5.74) is 8.84. The third-order valence-electron chi connectivity index (χ3n) is 5.26. The molecule has 4 heteroatoms. The van der Waals surface area contributed by atoms with Gasteiger partial charge in [0.05, 0.1) is 7.11 Å². The number of rotatable bonds is 6. The lowest BCUT2D eigenvalue weighted by molar-refractivity contribution is 0.307.